The molecular weight excluding hydrogens is 250 g/mol. The highest BCUT2D eigenvalue weighted by molar-refractivity contribution is 5.99. The zero-order valence-corrected chi connectivity index (χ0v) is 12.8. The maximum absolute atomic E-state index is 12.3. The number of carbonyl (C=O) groups is 1. The predicted molar refractivity (Wildman–Crippen MR) is 82.0 cm³/mol. The van der Waals surface area contributed by atoms with E-state index >= 15 is 0 Å². The van der Waals surface area contributed by atoms with Crippen LogP contribution in [0, 0.1) is 12.3 Å². The van der Waals surface area contributed by atoms with Crippen molar-refractivity contribution in [1.29, 1.82) is 0 Å². The van der Waals surface area contributed by atoms with E-state index in [0.29, 0.717) is 11.0 Å². The third-order valence-corrected chi connectivity index (χ3v) is 4.09. The molecule has 0 aliphatic heterocycles. The van der Waals surface area contributed by atoms with Gasteiger partial charge in [-0.05, 0) is 37.7 Å². The second-order valence-electron chi connectivity index (χ2n) is 6.14. The molecule has 1 aliphatic rings. The van der Waals surface area contributed by atoms with E-state index in [-0.39, 0.29) is 5.91 Å². The summed E-state index contributed by atoms with van der Waals surface area (Å²) in [6.45, 7) is 7.90. The van der Waals surface area contributed by atoms with E-state index < -0.39 is 0 Å². The molecule has 1 aliphatic carbocycles. The SMILES string of the molecule is CCCNc1cc(C)ncc1C(=O)NCC1(C)CCC1. The maximum atomic E-state index is 12.3. The van der Waals surface area contributed by atoms with Crippen LogP contribution in [0.3, 0.4) is 0 Å². The van der Waals surface area contributed by atoms with Crippen LogP contribution in [0.1, 0.15) is 55.6 Å². The third kappa shape index (κ3) is 3.50. The van der Waals surface area contributed by atoms with E-state index in [1.165, 1.54) is 19.3 Å². The molecule has 20 heavy (non-hydrogen) atoms. The van der Waals surface area contributed by atoms with Crippen molar-refractivity contribution in [2.24, 2.45) is 5.41 Å². The van der Waals surface area contributed by atoms with Gasteiger partial charge in [0.1, 0.15) is 0 Å². The Hall–Kier alpha value is -1.58. The summed E-state index contributed by atoms with van der Waals surface area (Å²) in [7, 11) is 0. The lowest BCUT2D eigenvalue weighted by atomic mass is 9.70. The fourth-order valence-corrected chi connectivity index (χ4v) is 2.49. The summed E-state index contributed by atoms with van der Waals surface area (Å²) < 4.78 is 0. The van der Waals surface area contributed by atoms with Crippen LogP contribution in [0.25, 0.3) is 0 Å². The zero-order chi connectivity index (χ0) is 14.6. The molecule has 4 nitrogen and oxygen atoms in total. The van der Waals surface area contributed by atoms with Crippen LogP contribution in [0.4, 0.5) is 5.69 Å². The Bertz CT molecular complexity index is 481. The molecule has 1 amide bonds. The van der Waals surface area contributed by atoms with Crippen LogP contribution in [0.2, 0.25) is 0 Å². The summed E-state index contributed by atoms with van der Waals surface area (Å²) in [6, 6.07) is 1.94. The van der Waals surface area contributed by atoms with Crippen molar-refractivity contribution in [2.75, 3.05) is 18.4 Å². The standard InChI is InChI=1S/C16H25N3O/c1-4-8-17-14-9-12(2)18-10-13(14)15(20)19-11-16(3)6-5-7-16/h9-10H,4-8,11H2,1-3H3,(H,17,18)(H,19,20). The summed E-state index contributed by atoms with van der Waals surface area (Å²) in [5.74, 6) is -0.0239. The predicted octanol–water partition coefficient (Wildman–Crippen LogP) is 3.13. The molecule has 110 valence electrons. The van der Waals surface area contributed by atoms with Gasteiger partial charge in [0.25, 0.3) is 5.91 Å². The molecule has 4 heteroatoms. The lowest BCUT2D eigenvalue weighted by Gasteiger charge is -2.38. The van der Waals surface area contributed by atoms with Crippen molar-refractivity contribution in [3.8, 4) is 0 Å². The van der Waals surface area contributed by atoms with E-state index in [9.17, 15) is 4.79 Å². The number of rotatable bonds is 6. The van der Waals surface area contributed by atoms with Gasteiger partial charge in [-0.1, -0.05) is 20.3 Å². The molecule has 0 saturated heterocycles. The monoisotopic (exact) mass is 275 g/mol. The first-order valence-corrected chi connectivity index (χ1v) is 7.53. The lowest BCUT2D eigenvalue weighted by Crippen LogP contribution is -2.40. The molecule has 1 aromatic rings. The average Bonchev–Trinajstić information content (AvgIpc) is 2.40. The van der Waals surface area contributed by atoms with E-state index in [1.807, 2.05) is 13.0 Å². The molecule has 1 aromatic heterocycles. The van der Waals surface area contributed by atoms with Crippen molar-refractivity contribution >= 4 is 11.6 Å². The Balaban J connectivity index is 2.03. The van der Waals surface area contributed by atoms with E-state index in [4.69, 9.17) is 0 Å². The highest BCUT2D eigenvalue weighted by Gasteiger charge is 2.32. The number of anilines is 1. The number of nitrogens with one attached hydrogen (secondary N) is 2. The van der Waals surface area contributed by atoms with Crippen LogP contribution >= 0.6 is 0 Å². The molecule has 1 fully saturated rings. The van der Waals surface area contributed by atoms with Crippen LogP contribution in [-0.2, 0) is 0 Å². The Morgan fingerprint density at radius 2 is 2.20 bits per heavy atom. The first-order chi connectivity index (χ1) is 9.54. The number of aromatic nitrogens is 1. The Morgan fingerprint density at radius 1 is 1.45 bits per heavy atom. The molecule has 1 heterocycles. The summed E-state index contributed by atoms with van der Waals surface area (Å²) in [5.41, 5.74) is 2.75. The van der Waals surface area contributed by atoms with Crippen molar-refractivity contribution in [1.82, 2.24) is 10.3 Å². The Labute approximate surface area is 121 Å². The smallest absolute Gasteiger partial charge is 0.254 e. The van der Waals surface area contributed by atoms with Gasteiger partial charge in [-0.2, -0.15) is 0 Å². The molecule has 0 spiro atoms. The lowest BCUT2D eigenvalue weighted by molar-refractivity contribution is 0.0891. The fraction of sp³-hybridized carbons (Fsp3) is 0.625. The molecule has 0 aromatic carbocycles. The van der Waals surface area contributed by atoms with Crippen molar-refractivity contribution < 1.29 is 4.79 Å². The first kappa shape index (κ1) is 14.8. The normalized spacial score (nSPS) is 16.4. The quantitative estimate of drug-likeness (QED) is 0.838. The van der Waals surface area contributed by atoms with E-state index in [0.717, 1.165) is 30.9 Å². The molecule has 0 bridgehead atoms. The number of aryl methyl sites for hydroxylation is 1. The Kier molecular flexibility index (Phi) is 4.63. The largest absolute Gasteiger partial charge is 0.384 e. The number of nitrogens with zero attached hydrogens (tertiary/aromatic N) is 1. The number of hydrogen-bond donors (Lipinski definition) is 2. The molecule has 1 saturated carbocycles. The van der Waals surface area contributed by atoms with Gasteiger partial charge in [-0.25, -0.2) is 0 Å². The molecule has 0 unspecified atom stereocenters. The van der Waals surface area contributed by atoms with Gasteiger partial charge < -0.3 is 10.6 Å². The van der Waals surface area contributed by atoms with Crippen molar-refractivity contribution in [3.63, 3.8) is 0 Å². The van der Waals surface area contributed by atoms with E-state index in [2.05, 4.69) is 29.5 Å². The minimum Gasteiger partial charge on any atom is -0.384 e. The van der Waals surface area contributed by atoms with Crippen molar-refractivity contribution in [3.05, 3.63) is 23.5 Å². The molecular formula is C16H25N3O. The highest BCUT2D eigenvalue weighted by Crippen LogP contribution is 2.39. The number of hydrogen-bond acceptors (Lipinski definition) is 3. The zero-order valence-electron chi connectivity index (χ0n) is 12.8. The average molecular weight is 275 g/mol. The summed E-state index contributed by atoms with van der Waals surface area (Å²) in [5, 5.41) is 6.37. The van der Waals surface area contributed by atoms with Crippen LogP contribution < -0.4 is 10.6 Å². The first-order valence-electron chi connectivity index (χ1n) is 7.53. The van der Waals surface area contributed by atoms with Crippen LogP contribution in [0.5, 0.6) is 0 Å². The van der Waals surface area contributed by atoms with Crippen molar-refractivity contribution in [2.45, 2.75) is 46.5 Å². The van der Waals surface area contributed by atoms with Gasteiger partial charge in [0.2, 0.25) is 0 Å². The van der Waals surface area contributed by atoms with Gasteiger partial charge in [-0.15, -0.1) is 0 Å². The number of amides is 1. The van der Waals surface area contributed by atoms with Gasteiger partial charge >= 0.3 is 0 Å². The van der Waals surface area contributed by atoms with E-state index in [1.54, 1.807) is 6.20 Å². The molecule has 2 rings (SSSR count). The second-order valence-corrected chi connectivity index (χ2v) is 6.14. The van der Waals surface area contributed by atoms with Gasteiger partial charge in [0, 0.05) is 25.0 Å². The minimum absolute atomic E-state index is 0.0239. The van der Waals surface area contributed by atoms with Crippen LogP contribution in [-0.4, -0.2) is 24.0 Å². The maximum Gasteiger partial charge on any atom is 0.254 e. The topological polar surface area (TPSA) is 54.0 Å². The third-order valence-electron chi connectivity index (χ3n) is 4.09. The summed E-state index contributed by atoms with van der Waals surface area (Å²) in [6.07, 6.45) is 6.40. The van der Waals surface area contributed by atoms with Gasteiger partial charge in [0.15, 0.2) is 0 Å². The molecule has 0 atom stereocenters. The second kappa shape index (κ2) is 6.25. The minimum atomic E-state index is -0.0239. The summed E-state index contributed by atoms with van der Waals surface area (Å²) >= 11 is 0. The van der Waals surface area contributed by atoms with Gasteiger partial charge in [-0.3, -0.25) is 9.78 Å². The highest BCUT2D eigenvalue weighted by atomic mass is 16.1. The van der Waals surface area contributed by atoms with Gasteiger partial charge in [0.05, 0.1) is 11.3 Å². The fourth-order valence-electron chi connectivity index (χ4n) is 2.49. The molecule has 0 radical (unpaired) electrons. The van der Waals surface area contributed by atoms with Crippen LogP contribution in [0.15, 0.2) is 12.3 Å². The summed E-state index contributed by atoms with van der Waals surface area (Å²) in [4.78, 5) is 16.6. The number of pyridine rings is 1. The Morgan fingerprint density at radius 3 is 2.80 bits per heavy atom. The molecule has 2 N–H and O–H groups in total. The number of carbonyl (C=O) groups excluding carboxylic acids is 1.